The van der Waals surface area contributed by atoms with Crippen LogP contribution >= 0.6 is 0 Å². The average molecular weight is 399 g/mol. The maximum absolute atomic E-state index is 12.8. The van der Waals surface area contributed by atoms with Gasteiger partial charge < -0.3 is 19.5 Å². The van der Waals surface area contributed by atoms with E-state index < -0.39 is 23.9 Å². The van der Waals surface area contributed by atoms with Crippen molar-refractivity contribution in [1.82, 2.24) is 0 Å². The number of carbonyl (C=O) groups is 3. The van der Waals surface area contributed by atoms with Gasteiger partial charge in [0, 0.05) is 0 Å². The van der Waals surface area contributed by atoms with Crippen LogP contribution < -0.4 is 10.1 Å². The van der Waals surface area contributed by atoms with Gasteiger partial charge in [-0.05, 0) is 61.7 Å². The molecule has 7 nitrogen and oxygen atoms in total. The molecular weight excluding hydrogens is 374 g/mol. The second kappa shape index (κ2) is 9.73. The smallest absolute Gasteiger partial charge is 0.339 e. The normalized spacial score (nSPS) is 11.3. The number of rotatable bonds is 7. The molecule has 0 bridgehead atoms. The summed E-state index contributed by atoms with van der Waals surface area (Å²) >= 11 is 0. The number of ether oxygens (including phenoxy) is 3. The number of hydrogen-bond acceptors (Lipinski definition) is 6. The Morgan fingerprint density at radius 3 is 2.21 bits per heavy atom. The minimum Gasteiger partial charge on any atom is -0.481 e. The van der Waals surface area contributed by atoms with Crippen LogP contribution in [-0.2, 0) is 14.3 Å². The van der Waals surface area contributed by atoms with E-state index in [9.17, 15) is 14.4 Å². The first kappa shape index (κ1) is 21.9. The highest BCUT2D eigenvalue weighted by molar-refractivity contribution is 6.04. The fraction of sp³-hybridized carbons (Fsp3) is 0.318. The van der Waals surface area contributed by atoms with E-state index in [1.165, 1.54) is 32.4 Å². The van der Waals surface area contributed by atoms with E-state index in [2.05, 4.69) is 5.32 Å². The molecule has 0 spiro atoms. The molecule has 1 N–H and O–H groups in total. The van der Waals surface area contributed by atoms with Gasteiger partial charge in [-0.25, -0.2) is 9.59 Å². The molecule has 0 aliphatic carbocycles. The molecule has 1 amide bonds. The van der Waals surface area contributed by atoms with E-state index in [4.69, 9.17) is 14.2 Å². The summed E-state index contributed by atoms with van der Waals surface area (Å²) < 4.78 is 15.3. The van der Waals surface area contributed by atoms with E-state index in [0.717, 1.165) is 11.1 Å². The molecule has 1 atom stereocenters. The Morgan fingerprint density at radius 1 is 0.931 bits per heavy atom. The van der Waals surface area contributed by atoms with E-state index in [1.54, 1.807) is 6.07 Å². The van der Waals surface area contributed by atoms with Gasteiger partial charge in [-0.1, -0.05) is 13.0 Å². The van der Waals surface area contributed by atoms with Crippen molar-refractivity contribution in [3.05, 3.63) is 58.7 Å². The van der Waals surface area contributed by atoms with Crippen LogP contribution in [0.3, 0.4) is 0 Å². The van der Waals surface area contributed by atoms with Crippen LogP contribution in [0.4, 0.5) is 5.69 Å². The van der Waals surface area contributed by atoms with Gasteiger partial charge in [0.05, 0.1) is 31.0 Å². The van der Waals surface area contributed by atoms with Crippen LogP contribution in [0.15, 0.2) is 36.4 Å². The number of esters is 2. The van der Waals surface area contributed by atoms with Crippen LogP contribution in [0.1, 0.15) is 45.2 Å². The molecule has 2 aromatic rings. The first-order valence-electron chi connectivity index (χ1n) is 9.16. The van der Waals surface area contributed by atoms with Gasteiger partial charge in [0.1, 0.15) is 5.75 Å². The lowest BCUT2D eigenvalue weighted by atomic mass is 10.1. The highest BCUT2D eigenvalue weighted by atomic mass is 16.5. The molecule has 7 heteroatoms. The Kier molecular flexibility index (Phi) is 7.36. The Hall–Kier alpha value is -3.35. The minimum absolute atomic E-state index is 0.120. The largest absolute Gasteiger partial charge is 0.481 e. The average Bonchev–Trinajstić information content (AvgIpc) is 2.73. The van der Waals surface area contributed by atoms with Crippen LogP contribution in [0.25, 0.3) is 0 Å². The van der Waals surface area contributed by atoms with Crippen molar-refractivity contribution in [2.75, 3.05) is 19.5 Å². The van der Waals surface area contributed by atoms with Gasteiger partial charge in [-0.2, -0.15) is 0 Å². The maximum atomic E-state index is 12.8. The van der Waals surface area contributed by atoms with Gasteiger partial charge in [-0.15, -0.1) is 0 Å². The molecule has 154 valence electrons. The monoisotopic (exact) mass is 399 g/mol. The van der Waals surface area contributed by atoms with Crippen molar-refractivity contribution in [2.45, 2.75) is 33.3 Å². The van der Waals surface area contributed by atoms with E-state index in [1.807, 2.05) is 32.9 Å². The maximum Gasteiger partial charge on any atom is 0.339 e. The lowest BCUT2D eigenvalue weighted by Crippen LogP contribution is -2.33. The summed E-state index contributed by atoms with van der Waals surface area (Å²) in [6, 6.07) is 9.79. The molecule has 1 unspecified atom stereocenters. The third kappa shape index (κ3) is 5.34. The Bertz CT molecular complexity index is 922. The zero-order valence-electron chi connectivity index (χ0n) is 17.2. The standard InChI is InChI=1S/C22H25NO6/c1-6-19(29-16-9-7-13(2)14(3)11-16)20(24)23-18-12-15(21(25)27-4)8-10-17(18)22(26)28-5/h7-12,19H,6H2,1-5H3,(H,23,24). The first-order valence-corrected chi connectivity index (χ1v) is 9.16. The summed E-state index contributed by atoms with van der Waals surface area (Å²) in [5, 5.41) is 2.67. The molecule has 0 aliphatic heterocycles. The molecule has 0 saturated carbocycles. The molecule has 0 aromatic heterocycles. The topological polar surface area (TPSA) is 90.9 Å². The van der Waals surface area contributed by atoms with Crippen LogP contribution in [0, 0.1) is 13.8 Å². The number of methoxy groups -OCH3 is 2. The lowest BCUT2D eigenvalue weighted by molar-refractivity contribution is -0.122. The summed E-state index contributed by atoms with van der Waals surface area (Å²) in [6.07, 6.45) is -0.382. The number of hydrogen-bond donors (Lipinski definition) is 1. The summed E-state index contributed by atoms with van der Waals surface area (Å²) in [7, 11) is 2.49. The molecule has 0 heterocycles. The Balaban J connectivity index is 2.28. The zero-order valence-corrected chi connectivity index (χ0v) is 17.2. The van der Waals surface area contributed by atoms with Gasteiger partial charge in [-0.3, -0.25) is 4.79 Å². The molecule has 0 aliphatic rings. The number of carbonyl (C=O) groups excluding carboxylic acids is 3. The van der Waals surface area contributed by atoms with Gasteiger partial charge in [0.2, 0.25) is 0 Å². The third-order valence-electron chi connectivity index (χ3n) is 4.52. The van der Waals surface area contributed by atoms with Crippen molar-refractivity contribution >= 4 is 23.5 Å². The van der Waals surface area contributed by atoms with Gasteiger partial charge in [0.15, 0.2) is 6.10 Å². The molecular formula is C22H25NO6. The molecule has 2 aromatic carbocycles. The Labute approximate surface area is 170 Å². The summed E-state index contributed by atoms with van der Waals surface area (Å²) in [5.74, 6) is -1.10. The second-order valence-corrected chi connectivity index (χ2v) is 6.49. The van der Waals surface area contributed by atoms with Crippen molar-refractivity contribution in [3.8, 4) is 5.75 Å². The minimum atomic E-state index is -0.788. The third-order valence-corrected chi connectivity index (χ3v) is 4.52. The molecule has 29 heavy (non-hydrogen) atoms. The molecule has 0 radical (unpaired) electrons. The molecule has 0 saturated heterocycles. The first-order chi connectivity index (χ1) is 13.8. The number of aryl methyl sites for hydroxylation is 2. The molecule has 2 rings (SSSR count). The van der Waals surface area contributed by atoms with Crippen LogP contribution in [0.2, 0.25) is 0 Å². The van der Waals surface area contributed by atoms with Crippen molar-refractivity contribution in [2.24, 2.45) is 0 Å². The highest BCUT2D eigenvalue weighted by Crippen LogP contribution is 2.22. The quantitative estimate of drug-likeness (QED) is 0.715. The van der Waals surface area contributed by atoms with E-state index in [-0.39, 0.29) is 16.8 Å². The van der Waals surface area contributed by atoms with E-state index >= 15 is 0 Å². The summed E-state index contributed by atoms with van der Waals surface area (Å²) in [5.41, 5.74) is 2.63. The molecule has 0 fully saturated rings. The van der Waals surface area contributed by atoms with Crippen LogP contribution in [-0.4, -0.2) is 38.2 Å². The highest BCUT2D eigenvalue weighted by Gasteiger charge is 2.23. The summed E-state index contributed by atoms with van der Waals surface area (Å²) in [6.45, 7) is 5.77. The van der Waals surface area contributed by atoms with Crippen molar-refractivity contribution < 1.29 is 28.6 Å². The summed E-state index contributed by atoms with van der Waals surface area (Å²) in [4.78, 5) is 36.7. The SMILES string of the molecule is CCC(Oc1ccc(C)c(C)c1)C(=O)Nc1cc(C(=O)OC)ccc1C(=O)OC. The zero-order chi connectivity index (χ0) is 21.6. The second-order valence-electron chi connectivity index (χ2n) is 6.49. The fourth-order valence-corrected chi connectivity index (χ4v) is 2.67. The lowest BCUT2D eigenvalue weighted by Gasteiger charge is -2.19. The van der Waals surface area contributed by atoms with Crippen molar-refractivity contribution in [3.63, 3.8) is 0 Å². The van der Waals surface area contributed by atoms with Crippen molar-refractivity contribution in [1.29, 1.82) is 0 Å². The fourth-order valence-electron chi connectivity index (χ4n) is 2.67. The number of amides is 1. The predicted molar refractivity (Wildman–Crippen MR) is 108 cm³/mol. The van der Waals surface area contributed by atoms with E-state index in [0.29, 0.717) is 12.2 Å². The number of anilines is 1. The van der Waals surface area contributed by atoms with Gasteiger partial charge in [0.25, 0.3) is 5.91 Å². The predicted octanol–water partition coefficient (Wildman–Crippen LogP) is 3.67. The van der Waals surface area contributed by atoms with Crippen LogP contribution in [0.5, 0.6) is 5.75 Å². The number of nitrogens with one attached hydrogen (secondary N) is 1. The Morgan fingerprint density at radius 2 is 1.62 bits per heavy atom. The number of benzene rings is 2. The van der Waals surface area contributed by atoms with Gasteiger partial charge >= 0.3 is 11.9 Å².